The lowest BCUT2D eigenvalue weighted by atomic mass is 9.79. The monoisotopic (exact) mass is 498 g/mol. The topological polar surface area (TPSA) is 127 Å². The van der Waals surface area contributed by atoms with Crippen molar-refractivity contribution in [3.8, 4) is 16.3 Å². The molecule has 0 radical (unpaired) electrons. The summed E-state index contributed by atoms with van der Waals surface area (Å²) in [6.07, 6.45) is 5.90. The van der Waals surface area contributed by atoms with E-state index in [2.05, 4.69) is 26.3 Å². The number of carboxylic acids is 1. The first-order valence-corrected chi connectivity index (χ1v) is 12.4. The molecule has 1 fully saturated rings. The van der Waals surface area contributed by atoms with E-state index in [-0.39, 0.29) is 0 Å². The normalized spacial score (nSPS) is 19.9. The van der Waals surface area contributed by atoms with Crippen LogP contribution in [0.15, 0.2) is 36.7 Å². The molecule has 3 aromatic rings. The standard InChI is InChI=1S/C25H30N4O5S/c1-16-12-18(20-15-27-23(35-20)25(32)7-4-17(5-8-25)22(30)31)14-19(13-16)28-24-26-9-6-21(29-24)34-11-3-10-33-2/h6,9,12-15,17,32H,3-5,7-8,10-11H2,1-2H3,(H,30,31)(H,26,28,29)/t17-,25+. The summed E-state index contributed by atoms with van der Waals surface area (Å²) >= 11 is 1.44. The highest BCUT2D eigenvalue weighted by atomic mass is 32.1. The Morgan fingerprint density at radius 2 is 2.03 bits per heavy atom. The molecule has 2 heterocycles. The van der Waals surface area contributed by atoms with Crippen LogP contribution in [-0.4, -0.2) is 51.5 Å². The Balaban J connectivity index is 1.47. The number of carbonyl (C=O) groups is 1. The minimum absolute atomic E-state index is 0.392. The van der Waals surface area contributed by atoms with Gasteiger partial charge in [-0.2, -0.15) is 4.98 Å². The van der Waals surface area contributed by atoms with E-state index in [4.69, 9.17) is 9.47 Å². The van der Waals surface area contributed by atoms with Gasteiger partial charge in [0.05, 0.1) is 17.4 Å². The summed E-state index contributed by atoms with van der Waals surface area (Å²) in [6.45, 7) is 3.14. The van der Waals surface area contributed by atoms with Gasteiger partial charge in [-0.15, -0.1) is 11.3 Å². The number of aryl methyl sites for hydroxylation is 1. The molecule has 3 N–H and O–H groups in total. The molecule has 10 heteroatoms. The lowest BCUT2D eigenvalue weighted by Gasteiger charge is -2.32. The number of aliphatic hydroxyl groups is 1. The minimum Gasteiger partial charge on any atom is -0.481 e. The zero-order valence-electron chi connectivity index (χ0n) is 19.9. The van der Waals surface area contributed by atoms with E-state index < -0.39 is 17.5 Å². The molecule has 0 unspecified atom stereocenters. The van der Waals surface area contributed by atoms with E-state index in [0.717, 1.165) is 28.1 Å². The highest BCUT2D eigenvalue weighted by Crippen LogP contribution is 2.43. The molecule has 9 nitrogen and oxygen atoms in total. The lowest BCUT2D eigenvalue weighted by Crippen LogP contribution is -2.33. The minimum atomic E-state index is -1.07. The van der Waals surface area contributed by atoms with E-state index in [0.29, 0.717) is 55.7 Å². The number of hydrogen-bond acceptors (Lipinski definition) is 9. The molecule has 35 heavy (non-hydrogen) atoms. The number of nitrogens with one attached hydrogen (secondary N) is 1. The quantitative estimate of drug-likeness (QED) is 0.346. The Kier molecular flexibility index (Phi) is 7.94. The number of nitrogens with zero attached hydrogens (tertiary/aromatic N) is 3. The molecular formula is C25H30N4O5S. The summed E-state index contributed by atoms with van der Waals surface area (Å²) in [5.74, 6) is -0.264. The van der Waals surface area contributed by atoms with Crippen molar-refractivity contribution in [2.75, 3.05) is 25.6 Å². The highest BCUT2D eigenvalue weighted by molar-refractivity contribution is 7.15. The van der Waals surface area contributed by atoms with Crippen molar-refractivity contribution in [3.63, 3.8) is 0 Å². The second-order valence-corrected chi connectivity index (χ2v) is 9.83. The zero-order valence-corrected chi connectivity index (χ0v) is 20.7. The third kappa shape index (κ3) is 6.33. The SMILES string of the molecule is COCCCOc1ccnc(Nc2cc(C)cc(-c3cnc([C@]4(O)CC[C@@H](C(=O)O)CC4)s3)c2)n1. The molecule has 0 spiro atoms. The third-order valence-corrected chi connectivity index (χ3v) is 7.30. The largest absolute Gasteiger partial charge is 0.481 e. The molecule has 1 aliphatic carbocycles. The first-order chi connectivity index (χ1) is 16.9. The van der Waals surface area contributed by atoms with Crippen LogP contribution in [0.4, 0.5) is 11.6 Å². The second-order valence-electron chi connectivity index (χ2n) is 8.80. The van der Waals surface area contributed by atoms with Gasteiger partial charge in [-0.3, -0.25) is 4.79 Å². The number of ether oxygens (including phenoxy) is 2. The smallest absolute Gasteiger partial charge is 0.306 e. The van der Waals surface area contributed by atoms with Crippen LogP contribution in [-0.2, 0) is 15.1 Å². The van der Waals surface area contributed by atoms with Crippen LogP contribution in [0.25, 0.3) is 10.4 Å². The molecule has 0 amide bonds. The summed E-state index contributed by atoms with van der Waals surface area (Å²) in [5, 5.41) is 24.2. The summed E-state index contributed by atoms with van der Waals surface area (Å²) < 4.78 is 10.7. The van der Waals surface area contributed by atoms with Gasteiger partial charge in [-0.25, -0.2) is 9.97 Å². The van der Waals surface area contributed by atoms with Crippen LogP contribution < -0.4 is 10.1 Å². The fraction of sp³-hybridized carbons (Fsp3) is 0.440. The van der Waals surface area contributed by atoms with Gasteiger partial charge in [0.25, 0.3) is 0 Å². The second kappa shape index (κ2) is 11.1. The van der Waals surface area contributed by atoms with Gasteiger partial charge >= 0.3 is 5.97 Å². The highest BCUT2D eigenvalue weighted by Gasteiger charge is 2.39. The number of rotatable bonds is 10. The first-order valence-electron chi connectivity index (χ1n) is 11.6. The van der Waals surface area contributed by atoms with Crippen LogP contribution >= 0.6 is 11.3 Å². The molecule has 1 aromatic carbocycles. The van der Waals surface area contributed by atoms with Gasteiger partial charge in [0.2, 0.25) is 11.8 Å². The van der Waals surface area contributed by atoms with Gasteiger partial charge in [0.15, 0.2) is 0 Å². The number of aromatic nitrogens is 3. The number of hydrogen-bond donors (Lipinski definition) is 3. The van der Waals surface area contributed by atoms with Crippen LogP contribution in [0.1, 0.15) is 42.7 Å². The molecule has 4 rings (SSSR count). The Morgan fingerprint density at radius 3 is 2.77 bits per heavy atom. The first kappa shape index (κ1) is 25.0. The average Bonchev–Trinajstić information content (AvgIpc) is 3.34. The van der Waals surface area contributed by atoms with Crippen LogP contribution in [0, 0.1) is 12.8 Å². The summed E-state index contributed by atoms with van der Waals surface area (Å²) in [7, 11) is 1.66. The van der Waals surface area contributed by atoms with Gasteiger partial charge in [-0.05, 0) is 55.9 Å². The zero-order chi connectivity index (χ0) is 24.8. The number of anilines is 2. The van der Waals surface area contributed by atoms with Crippen molar-refractivity contribution < 1.29 is 24.5 Å². The number of benzene rings is 1. The summed E-state index contributed by atoms with van der Waals surface area (Å²) in [5.41, 5.74) is 1.77. The number of thiazole rings is 1. The van der Waals surface area contributed by atoms with Crippen molar-refractivity contribution in [2.45, 2.75) is 44.6 Å². The van der Waals surface area contributed by atoms with Crippen molar-refractivity contribution in [1.82, 2.24) is 15.0 Å². The number of carboxylic acid groups (broad SMARTS) is 1. The predicted octanol–water partition coefficient (Wildman–Crippen LogP) is 4.53. The van der Waals surface area contributed by atoms with Crippen LogP contribution in [0.5, 0.6) is 5.88 Å². The Hall–Kier alpha value is -3.08. The maximum atomic E-state index is 11.3. The van der Waals surface area contributed by atoms with Crippen molar-refractivity contribution >= 4 is 28.9 Å². The molecule has 186 valence electrons. The molecule has 0 atom stereocenters. The van der Waals surface area contributed by atoms with E-state index in [1.54, 1.807) is 25.6 Å². The van der Waals surface area contributed by atoms with Crippen molar-refractivity contribution in [2.24, 2.45) is 5.92 Å². The molecular weight excluding hydrogens is 468 g/mol. The molecule has 2 aromatic heterocycles. The maximum absolute atomic E-state index is 11.3. The Bertz CT molecular complexity index is 1160. The predicted molar refractivity (Wildman–Crippen MR) is 133 cm³/mol. The fourth-order valence-corrected chi connectivity index (χ4v) is 5.22. The summed E-state index contributed by atoms with van der Waals surface area (Å²) in [6, 6.07) is 7.77. The number of aliphatic carboxylic acids is 1. The van der Waals surface area contributed by atoms with Crippen LogP contribution in [0.3, 0.4) is 0 Å². The molecule has 0 saturated heterocycles. The van der Waals surface area contributed by atoms with Crippen molar-refractivity contribution in [3.05, 3.63) is 47.2 Å². The van der Waals surface area contributed by atoms with Gasteiger partial charge in [-0.1, -0.05) is 6.07 Å². The lowest BCUT2D eigenvalue weighted by molar-refractivity contribution is -0.145. The number of methoxy groups -OCH3 is 1. The van der Waals surface area contributed by atoms with E-state index >= 15 is 0 Å². The van der Waals surface area contributed by atoms with Gasteiger partial charge < -0.3 is 25.0 Å². The Morgan fingerprint density at radius 1 is 1.23 bits per heavy atom. The average molecular weight is 499 g/mol. The third-order valence-electron chi connectivity index (χ3n) is 6.06. The maximum Gasteiger partial charge on any atom is 0.306 e. The summed E-state index contributed by atoms with van der Waals surface area (Å²) in [4.78, 5) is 25.4. The van der Waals surface area contributed by atoms with E-state index in [1.807, 2.05) is 19.1 Å². The van der Waals surface area contributed by atoms with Gasteiger partial charge in [0.1, 0.15) is 10.6 Å². The van der Waals surface area contributed by atoms with Crippen LogP contribution in [0.2, 0.25) is 0 Å². The molecule has 0 aliphatic heterocycles. The van der Waals surface area contributed by atoms with E-state index in [9.17, 15) is 15.0 Å². The van der Waals surface area contributed by atoms with Gasteiger partial charge in [0, 0.05) is 44.3 Å². The molecule has 1 aliphatic rings. The van der Waals surface area contributed by atoms with Crippen molar-refractivity contribution in [1.29, 1.82) is 0 Å². The Labute approximate surface area is 208 Å². The molecule has 1 saturated carbocycles. The molecule has 0 bridgehead atoms. The van der Waals surface area contributed by atoms with E-state index in [1.165, 1.54) is 11.3 Å². The fourth-order valence-electron chi connectivity index (χ4n) is 4.17.